The van der Waals surface area contributed by atoms with E-state index in [0.29, 0.717) is 17.5 Å². The molecule has 0 spiro atoms. The topological polar surface area (TPSA) is 58.2 Å². The molecule has 2 rings (SSSR count). The molecule has 2 saturated heterocycles. The predicted octanol–water partition coefficient (Wildman–Crippen LogP) is -0.485. The van der Waals surface area contributed by atoms with Gasteiger partial charge in [0.1, 0.15) is 0 Å². The Hall–Kier alpha value is -0.130. The lowest BCUT2D eigenvalue weighted by Crippen LogP contribution is -2.54. The fourth-order valence-corrected chi connectivity index (χ4v) is 4.17. The number of sulfone groups is 1. The van der Waals surface area contributed by atoms with Gasteiger partial charge in [0, 0.05) is 18.1 Å². The van der Waals surface area contributed by atoms with Gasteiger partial charge in [0.2, 0.25) is 0 Å². The molecule has 0 aliphatic carbocycles. The summed E-state index contributed by atoms with van der Waals surface area (Å²) in [7, 11) is -2.77. The maximum atomic E-state index is 11.3. The molecular formula is C9H18N2O2S. The molecule has 2 N–H and O–H groups in total. The van der Waals surface area contributed by atoms with Crippen LogP contribution in [0.5, 0.6) is 0 Å². The van der Waals surface area contributed by atoms with Crippen molar-refractivity contribution in [1.82, 2.24) is 10.6 Å². The summed E-state index contributed by atoms with van der Waals surface area (Å²) in [6.07, 6.45) is 1.96. The van der Waals surface area contributed by atoms with Crippen LogP contribution in [0.2, 0.25) is 0 Å². The molecule has 0 aromatic rings. The SMILES string of the molecule is CC1(NCC2CCN2)CCS(=O)(=O)C1. The maximum absolute atomic E-state index is 11.3. The molecule has 4 nitrogen and oxygen atoms in total. The van der Waals surface area contributed by atoms with Gasteiger partial charge in [-0.1, -0.05) is 0 Å². The van der Waals surface area contributed by atoms with E-state index >= 15 is 0 Å². The molecular weight excluding hydrogens is 200 g/mol. The van der Waals surface area contributed by atoms with Gasteiger partial charge >= 0.3 is 0 Å². The van der Waals surface area contributed by atoms with Crippen LogP contribution in [-0.4, -0.2) is 44.6 Å². The Morgan fingerprint density at radius 2 is 2.29 bits per heavy atom. The van der Waals surface area contributed by atoms with E-state index in [2.05, 4.69) is 10.6 Å². The smallest absolute Gasteiger partial charge is 0.152 e. The monoisotopic (exact) mass is 218 g/mol. The molecule has 0 radical (unpaired) electrons. The van der Waals surface area contributed by atoms with Crippen molar-refractivity contribution in [2.75, 3.05) is 24.6 Å². The number of hydrogen-bond donors (Lipinski definition) is 2. The normalized spacial score (nSPS) is 40.8. The van der Waals surface area contributed by atoms with E-state index in [1.807, 2.05) is 6.92 Å². The van der Waals surface area contributed by atoms with Gasteiger partial charge in [0.25, 0.3) is 0 Å². The quantitative estimate of drug-likeness (QED) is 0.671. The molecule has 0 aromatic heterocycles. The molecule has 14 heavy (non-hydrogen) atoms. The van der Waals surface area contributed by atoms with Crippen LogP contribution in [0.4, 0.5) is 0 Å². The van der Waals surface area contributed by atoms with Crippen molar-refractivity contribution in [3.63, 3.8) is 0 Å². The summed E-state index contributed by atoms with van der Waals surface area (Å²) in [5.41, 5.74) is -0.184. The van der Waals surface area contributed by atoms with Crippen molar-refractivity contribution in [1.29, 1.82) is 0 Å². The van der Waals surface area contributed by atoms with Gasteiger partial charge in [-0.3, -0.25) is 0 Å². The zero-order chi connectivity index (χ0) is 10.2. The van der Waals surface area contributed by atoms with Crippen molar-refractivity contribution in [2.24, 2.45) is 0 Å². The Kier molecular flexibility index (Phi) is 2.57. The first-order chi connectivity index (χ1) is 6.49. The van der Waals surface area contributed by atoms with Crippen LogP contribution in [0.15, 0.2) is 0 Å². The third kappa shape index (κ3) is 2.27. The summed E-state index contributed by atoms with van der Waals surface area (Å²) in [5, 5.41) is 6.67. The van der Waals surface area contributed by atoms with Crippen LogP contribution < -0.4 is 10.6 Å². The second-order valence-electron chi connectivity index (χ2n) is 4.72. The van der Waals surface area contributed by atoms with Gasteiger partial charge in [-0.15, -0.1) is 0 Å². The lowest BCUT2D eigenvalue weighted by molar-refractivity contribution is 0.304. The second-order valence-corrected chi connectivity index (χ2v) is 6.91. The highest BCUT2D eigenvalue weighted by Crippen LogP contribution is 2.22. The van der Waals surface area contributed by atoms with Gasteiger partial charge < -0.3 is 10.6 Å². The maximum Gasteiger partial charge on any atom is 0.152 e. The van der Waals surface area contributed by atoms with Crippen molar-refractivity contribution >= 4 is 9.84 Å². The average molecular weight is 218 g/mol. The van der Waals surface area contributed by atoms with Crippen LogP contribution in [0.1, 0.15) is 19.8 Å². The van der Waals surface area contributed by atoms with E-state index < -0.39 is 9.84 Å². The largest absolute Gasteiger partial charge is 0.313 e. The fourth-order valence-electron chi connectivity index (χ4n) is 2.04. The van der Waals surface area contributed by atoms with Crippen LogP contribution >= 0.6 is 0 Å². The van der Waals surface area contributed by atoms with E-state index in [9.17, 15) is 8.42 Å². The Morgan fingerprint density at radius 1 is 1.57 bits per heavy atom. The van der Waals surface area contributed by atoms with Gasteiger partial charge in [0.15, 0.2) is 9.84 Å². The third-order valence-electron chi connectivity index (χ3n) is 3.20. The van der Waals surface area contributed by atoms with E-state index in [-0.39, 0.29) is 5.54 Å². The Labute approximate surface area is 85.4 Å². The van der Waals surface area contributed by atoms with Crippen molar-refractivity contribution in [3.05, 3.63) is 0 Å². The Balaban J connectivity index is 1.84. The highest BCUT2D eigenvalue weighted by molar-refractivity contribution is 7.91. The lowest BCUT2D eigenvalue weighted by Gasteiger charge is -2.32. The molecule has 0 saturated carbocycles. The summed E-state index contributed by atoms with van der Waals surface area (Å²) >= 11 is 0. The minimum absolute atomic E-state index is 0.184. The summed E-state index contributed by atoms with van der Waals surface area (Å²) in [6.45, 7) is 4.00. The molecule has 82 valence electrons. The first-order valence-electron chi connectivity index (χ1n) is 5.18. The Bertz CT molecular complexity index is 311. The van der Waals surface area contributed by atoms with Crippen LogP contribution in [-0.2, 0) is 9.84 Å². The summed E-state index contributed by atoms with van der Waals surface area (Å²) in [5.74, 6) is 0.640. The fraction of sp³-hybridized carbons (Fsp3) is 1.00. The van der Waals surface area contributed by atoms with Gasteiger partial charge in [-0.2, -0.15) is 0 Å². The van der Waals surface area contributed by atoms with Crippen LogP contribution in [0.25, 0.3) is 0 Å². The number of nitrogens with one attached hydrogen (secondary N) is 2. The molecule has 0 amide bonds. The third-order valence-corrected chi connectivity index (χ3v) is 5.11. The van der Waals surface area contributed by atoms with Crippen LogP contribution in [0.3, 0.4) is 0 Å². The van der Waals surface area contributed by atoms with Gasteiger partial charge in [-0.25, -0.2) is 8.42 Å². The van der Waals surface area contributed by atoms with E-state index in [1.165, 1.54) is 6.42 Å². The minimum atomic E-state index is -2.77. The summed E-state index contributed by atoms with van der Waals surface area (Å²) < 4.78 is 22.6. The molecule has 2 aliphatic rings. The summed E-state index contributed by atoms with van der Waals surface area (Å²) in [4.78, 5) is 0. The standard InChI is InChI=1S/C9H18N2O2S/c1-9(3-5-14(12,13)7-9)11-6-8-2-4-10-8/h8,10-11H,2-7H2,1H3. The number of hydrogen-bond acceptors (Lipinski definition) is 4. The van der Waals surface area contributed by atoms with E-state index in [1.54, 1.807) is 0 Å². The first-order valence-corrected chi connectivity index (χ1v) is 7.00. The molecule has 2 atom stereocenters. The number of rotatable bonds is 3. The zero-order valence-corrected chi connectivity index (χ0v) is 9.36. The predicted molar refractivity (Wildman–Crippen MR) is 56.1 cm³/mol. The molecule has 5 heteroatoms. The highest BCUT2D eigenvalue weighted by atomic mass is 32.2. The lowest BCUT2D eigenvalue weighted by atomic mass is 10.00. The van der Waals surface area contributed by atoms with E-state index in [0.717, 1.165) is 19.5 Å². The van der Waals surface area contributed by atoms with Crippen LogP contribution in [0, 0.1) is 0 Å². The second kappa shape index (κ2) is 3.47. The average Bonchev–Trinajstić information content (AvgIpc) is 2.23. The van der Waals surface area contributed by atoms with Gasteiger partial charge in [0.05, 0.1) is 11.5 Å². The molecule has 0 bridgehead atoms. The zero-order valence-electron chi connectivity index (χ0n) is 8.54. The highest BCUT2D eigenvalue weighted by Gasteiger charge is 2.38. The van der Waals surface area contributed by atoms with Crippen molar-refractivity contribution in [3.8, 4) is 0 Å². The Morgan fingerprint density at radius 3 is 2.71 bits per heavy atom. The van der Waals surface area contributed by atoms with Gasteiger partial charge in [-0.05, 0) is 26.3 Å². The molecule has 2 unspecified atom stereocenters. The molecule has 2 heterocycles. The first kappa shape index (κ1) is 10.4. The molecule has 0 aromatic carbocycles. The van der Waals surface area contributed by atoms with Crippen molar-refractivity contribution in [2.45, 2.75) is 31.3 Å². The molecule has 2 aliphatic heterocycles. The minimum Gasteiger partial charge on any atom is -0.313 e. The molecule has 2 fully saturated rings. The van der Waals surface area contributed by atoms with Crippen molar-refractivity contribution < 1.29 is 8.42 Å². The summed E-state index contributed by atoms with van der Waals surface area (Å²) in [6, 6.07) is 0.551. The van der Waals surface area contributed by atoms with E-state index in [4.69, 9.17) is 0 Å².